The molecule has 122 valence electrons. The highest BCUT2D eigenvalue weighted by Crippen LogP contribution is 2.25. The molecule has 0 bridgehead atoms. The van der Waals surface area contributed by atoms with E-state index < -0.39 is 0 Å². The first-order valence-electron chi connectivity index (χ1n) is 7.54. The molecule has 0 radical (unpaired) electrons. The van der Waals surface area contributed by atoms with Gasteiger partial charge in [-0.3, -0.25) is 0 Å². The van der Waals surface area contributed by atoms with Gasteiger partial charge in [0, 0.05) is 12.1 Å². The van der Waals surface area contributed by atoms with Crippen LogP contribution in [0.25, 0.3) is 0 Å². The van der Waals surface area contributed by atoms with E-state index in [4.69, 9.17) is 9.68 Å². The lowest BCUT2D eigenvalue weighted by Gasteiger charge is -2.05. The van der Waals surface area contributed by atoms with Crippen molar-refractivity contribution in [2.75, 3.05) is 0 Å². The Morgan fingerprint density at radius 2 is 1.65 bits per heavy atom. The van der Waals surface area contributed by atoms with Crippen LogP contribution in [0.5, 0.6) is 23.0 Å². The Morgan fingerprint density at radius 1 is 0.913 bits per heavy atom. The second kappa shape index (κ2) is 8.63. The smallest absolute Gasteiger partial charge is 0.163 e. The fraction of sp³-hybridized carbons (Fsp3) is 0.294. The summed E-state index contributed by atoms with van der Waals surface area (Å²) in [5.74, 6) is 0.960. The molecule has 0 unspecified atom stereocenters. The van der Waals surface area contributed by atoms with Crippen LogP contribution in [0.1, 0.15) is 31.7 Å². The number of nitrogens with zero attached hydrogens (tertiary/aromatic N) is 2. The van der Waals surface area contributed by atoms with Gasteiger partial charge in [0.05, 0.1) is 10.6 Å². The van der Waals surface area contributed by atoms with E-state index in [9.17, 15) is 10.2 Å². The van der Waals surface area contributed by atoms with Gasteiger partial charge in [0.15, 0.2) is 11.5 Å². The van der Waals surface area contributed by atoms with Gasteiger partial charge in [-0.05, 0) is 36.6 Å². The number of hydrogen-bond donors (Lipinski definition) is 2. The maximum absolute atomic E-state index is 9.94. The molecule has 6 heteroatoms. The Bertz CT molecular complexity index is 659. The number of aryl methyl sites for hydroxylation is 1. The molecule has 2 N–H and O–H groups in total. The van der Waals surface area contributed by atoms with Crippen molar-refractivity contribution in [3.8, 4) is 23.0 Å². The first-order valence-corrected chi connectivity index (χ1v) is 7.54. The number of unbranched alkanes of at least 4 members (excludes halogenated alkanes) is 2. The van der Waals surface area contributed by atoms with Crippen molar-refractivity contribution < 1.29 is 19.9 Å². The monoisotopic (exact) mass is 316 g/mol. The van der Waals surface area contributed by atoms with Gasteiger partial charge >= 0.3 is 0 Å². The zero-order chi connectivity index (χ0) is 16.5. The minimum Gasteiger partial charge on any atom is -0.508 e. The maximum Gasteiger partial charge on any atom is 0.163 e. The number of benzene rings is 2. The molecule has 23 heavy (non-hydrogen) atoms. The fourth-order valence-corrected chi connectivity index (χ4v) is 2.05. The largest absolute Gasteiger partial charge is 0.508 e. The number of aromatic hydroxyl groups is 2. The summed E-state index contributed by atoms with van der Waals surface area (Å²) in [7, 11) is 0. The van der Waals surface area contributed by atoms with Crippen LogP contribution in [0.2, 0.25) is 0 Å². The molecule has 0 saturated heterocycles. The Kier molecular flexibility index (Phi) is 6.23. The zero-order valence-corrected chi connectivity index (χ0v) is 13.0. The summed E-state index contributed by atoms with van der Waals surface area (Å²) < 4.78 is 0. The highest BCUT2D eigenvalue weighted by Gasteiger charge is 2.04. The van der Waals surface area contributed by atoms with Gasteiger partial charge < -0.3 is 19.9 Å². The summed E-state index contributed by atoms with van der Waals surface area (Å²) >= 11 is 0. The highest BCUT2D eigenvalue weighted by molar-refractivity contribution is 5.39. The summed E-state index contributed by atoms with van der Waals surface area (Å²) in [4.78, 5) is 9.97. The lowest BCUT2D eigenvalue weighted by molar-refractivity contribution is 0.207. The number of hydrogen-bond acceptors (Lipinski definition) is 6. The van der Waals surface area contributed by atoms with Crippen molar-refractivity contribution in [1.29, 1.82) is 0 Å². The SMILES string of the molecule is CCCCCc1ccc(ON=NOc2cccc(O)c2)cc1O. The predicted octanol–water partition coefficient (Wildman–Crippen LogP) is 4.57. The molecule has 2 rings (SSSR count). The van der Waals surface area contributed by atoms with Crippen molar-refractivity contribution >= 4 is 0 Å². The predicted molar refractivity (Wildman–Crippen MR) is 85.6 cm³/mol. The van der Waals surface area contributed by atoms with Gasteiger partial charge in [0.25, 0.3) is 0 Å². The molecule has 0 aliphatic heterocycles. The summed E-state index contributed by atoms with van der Waals surface area (Å²) in [6, 6.07) is 11.2. The van der Waals surface area contributed by atoms with Crippen molar-refractivity contribution in [3.63, 3.8) is 0 Å². The first-order chi connectivity index (χ1) is 11.2. The lowest BCUT2D eigenvalue weighted by atomic mass is 10.1. The number of rotatable bonds is 8. The van der Waals surface area contributed by atoms with Gasteiger partial charge in [0.1, 0.15) is 11.5 Å². The second-order valence-electron chi connectivity index (χ2n) is 5.09. The molecule has 0 saturated carbocycles. The number of phenolic OH excluding ortho intramolecular Hbond substituents is 2. The molecule has 0 aliphatic carbocycles. The van der Waals surface area contributed by atoms with Crippen LogP contribution in [-0.4, -0.2) is 10.2 Å². The maximum atomic E-state index is 9.94. The van der Waals surface area contributed by atoms with E-state index in [1.807, 2.05) is 6.07 Å². The Labute approximate surface area is 134 Å². The van der Waals surface area contributed by atoms with Gasteiger partial charge in [0.2, 0.25) is 0 Å². The van der Waals surface area contributed by atoms with Gasteiger partial charge in [-0.2, -0.15) is 0 Å². The first kappa shape index (κ1) is 16.6. The van der Waals surface area contributed by atoms with E-state index in [1.54, 1.807) is 18.2 Å². The van der Waals surface area contributed by atoms with Crippen LogP contribution in [0, 0.1) is 0 Å². The van der Waals surface area contributed by atoms with Crippen LogP contribution in [0.15, 0.2) is 53.0 Å². The number of phenols is 2. The molecule has 0 amide bonds. The average molecular weight is 316 g/mol. The highest BCUT2D eigenvalue weighted by atomic mass is 16.7. The molecule has 0 aromatic heterocycles. The minimum absolute atomic E-state index is 0.0715. The summed E-state index contributed by atoms with van der Waals surface area (Å²) in [6.07, 6.45) is 4.16. The van der Waals surface area contributed by atoms with Gasteiger partial charge in [-0.1, -0.05) is 31.9 Å². The quantitative estimate of drug-likeness (QED) is 0.424. The molecule has 0 fully saturated rings. The van der Waals surface area contributed by atoms with Gasteiger partial charge in [-0.25, -0.2) is 0 Å². The topological polar surface area (TPSA) is 83.6 Å². The third-order valence-electron chi connectivity index (χ3n) is 3.25. The summed E-state index contributed by atoms with van der Waals surface area (Å²) in [6.45, 7) is 2.14. The molecule has 0 heterocycles. The third-order valence-corrected chi connectivity index (χ3v) is 3.25. The van der Waals surface area contributed by atoms with E-state index in [0.29, 0.717) is 11.5 Å². The van der Waals surface area contributed by atoms with E-state index in [-0.39, 0.29) is 11.5 Å². The zero-order valence-electron chi connectivity index (χ0n) is 13.0. The summed E-state index contributed by atoms with van der Waals surface area (Å²) in [5.41, 5.74) is 0.888. The van der Waals surface area contributed by atoms with Crippen LogP contribution < -0.4 is 9.68 Å². The van der Waals surface area contributed by atoms with Crippen LogP contribution in [0.3, 0.4) is 0 Å². The van der Waals surface area contributed by atoms with Crippen molar-refractivity contribution in [2.45, 2.75) is 32.6 Å². The average Bonchev–Trinajstić information content (AvgIpc) is 2.54. The molecule has 0 spiro atoms. The molecule has 0 aliphatic rings. The molecule has 6 nitrogen and oxygen atoms in total. The van der Waals surface area contributed by atoms with E-state index in [0.717, 1.165) is 31.2 Å². The van der Waals surface area contributed by atoms with Crippen LogP contribution in [0.4, 0.5) is 0 Å². The normalized spacial score (nSPS) is 10.8. The van der Waals surface area contributed by atoms with E-state index in [2.05, 4.69) is 17.5 Å². The fourth-order valence-electron chi connectivity index (χ4n) is 2.05. The minimum atomic E-state index is 0.0715. The standard InChI is InChI=1S/C17H20N2O4/c1-2-3-4-6-13-9-10-16(12-17(13)21)23-19-18-22-15-8-5-7-14(20)11-15/h5,7-12,20-21H,2-4,6H2,1H3. The van der Waals surface area contributed by atoms with Gasteiger partial charge in [-0.15, -0.1) is 0 Å². The second-order valence-corrected chi connectivity index (χ2v) is 5.09. The molecule has 2 aromatic rings. The van der Waals surface area contributed by atoms with Crippen LogP contribution >= 0.6 is 0 Å². The molecule has 0 atom stereocenters. The van der Waals surface area contributed by atoms with Crippen molar-refractivity contribution in [1.82, 2.24) is 0 Å². The third kappa shape index (κ3) is 5.50. The molecule has 2 aromatic carbocycles. The van der Waals surface area contributed by atoms with E-state index in [1.165, 1.54) is 18.2 Å². The van der Waals surface area contributed by atoms with Crippen LogP contribution in [-0.2, 0) is 6.42 Å². The Morgan fingerprint density at radius 3 is 2.30 bits per heavy atom. The Hall–Kier alpha value is -2.76. The molecular formula is C17H20N2O4. The van der Waals surface area contributed by atoms with Crippen molar-refractivity contribution in [2.24, 2.45) is 10.6 Å². The Balaban J connectivity index is 1.85. The van der Waals surface area contributed by atoms with E-state index >= 15 is 0 Å². The van der Waals surface area contributed by atoms with Crippen molar-refractivity contribution in [3.05, 3.63) is 48.0 Å². The lowest BCUT2D eigenvalue weighted by Crippen LogP contribution is -1.89. The summed E-state index contributed by atoms with van der Waals surface area (Å²) in [5, 5.41) is 26.0. The molecular weight excluding hydrogens is 296 g/mol.